The Morgan fingerprint density at radius 3 is 2.30 bits per heavy atom. The highest BCUT2D eigenvalue weighted by Crippen LogP contribution is 2.27. The molecule has 0 aliphatic heterocycles. The predicted octanol–water partition coefficient (Wildman–Crippen LogP) is 6.35. The molecule has 0 bridgehead atoms. The van der Waals surface area contributed by atoms with Gasteiger partial charge in [0.25, 0.3) is 0 Å². The molecule has 6 nitrogen and oxygen atoms in total. The van der Waals surface area contributed by atoms with Crippen molar-refractivity contribution in [2.45, 2.75) is 6.92 Å². The van der Waals surface area contributed by atoms with E-state index < -0.39 is 0 Å². The Bertz CT molecular complexity index is 1440. The lowest BCUT2D eigenvalue weighted by Gasteiger charge is -2.10. The van der Waals surface area contributed by atoms with Gasteiger partial charge in [-0.25, -0.2) is 9.78 Å². The zero-order valence-corrected chi connectivity index (χ0v) is 18.0. The maximum Gasteiger partial charge on any atom is 0.323 e. The van der Waals surface area contributed by atoms with Gasteiger partial charge in [-0.2, -0.15) is 0 Å². The van der Waals surface area contributed by atoms with Crippen LogP contribution in [0.1, 0.15) is 5.56 Å². The highest BCUT2D eigenvalue weighted by molar-refractivity contribution is 5.99. The Morgan fingerprint density at radius 1 is 0.818 bits per heavy atom. The van der Waals surface area contributed by atoms with Crippen molar-refractivity contribution >= 4 is 28.4 Å². The molecule has 33 heavy (non-hydrogen) atoms. The third-order valence-electron chi connectivity index (χ3n) is 5.43. The molecule has 0 spiro atoms. The number of imidazole rings is 1. The quantitative estimate of drug-likeness (QED) is 0.308. The summed E-state index contributed by atoms with van der Waals surface area (Å²) in [6.45, 7) is 1.98. The fourth-order valence-corrected chi connectivity index (χ4v) is 3.77. The number of benzene rings is 4. The first-order chi connectivity index (χ1) is 16.0. The summed E-state index contributed by atoms with van der Waals surface area (Å²) in [4.78, 5) is 16.9. The third-order valence-corrected chi connectivity index (χ3v) is 5.43. The number of hydrogen-bond acceptors (Lipinski definition) is 3. The van der Waals surface area contributed by atoms with Crippen LogP contribution in [-0.2, 0) is 0 Å². The van der Waals surface area contributed by atoms with Gasteiger partial charge >= 0.3 is 6.03 Å². The molecule has 0 atom stereocenters. The number of phenols is 1. The Hall–Kier alpha value is -4.58. The number of fused-ring (bicyclic) bond motifs is 1. The topological polar surface area (TPSA) is 79.2 Å². The molecule has 5 aromatic rings. The van der Waals surface area contributed by atoms with E-state index in [2.05, 4.69) is 15.6 Å². The van der Waals surface area contributed by atoms with Crippen molar-refractivity contribution in [3.63, 3.8) is 0 Å². The van der Waals surface area contributed by atoms with Crippen LogP contribution >= 0.6 is 0 Å². The lowest BCUT2D eigenvalue weighted by molar-refractivity contribution is 0.262. The highest BCUT2D eigenvalue weighted by atomic mass is 16.3. The van der Waals surface area contributed by atoms with Crippen molar-refractivity contribution in [2.24, 2.45) is 0 Å². The Kier molecular flexibility index (Phi) is 5.24. The molecule has 1 aromatic heterocycles. The second kappa shape index (κ2) is 8.51. The van der Waals surface area contributed by atoms with E-state index in [4.69, 9.17) is 0 Å². The molecule has 4 aromatic carbocycles. The summed E-state index contributed by atoms with van der Waals surface area (Å²) in [5.41, 5.74) is 7.38. The van der Waals surface area contributed by atoms with Gasteiger partial charge in [-0.15, -0.1) is 0 Å². The minimum absolute atomic E-state index is 0.245. The summed E-state index contributed by atoms with van der Waals surface area (Å²) in [5.74, 6) is 0.245. The van der Waals surface area contributed by atoms with Crippen molar-refractivity contribution in [3.8, 4) is 22.6 Å². The van der Waals surface area contributed by atoms with Crippen LogP contribution in [0.15, 0.2) is 97.3 Å². The Labute approximate surface area is 191 Å². The molecule has 0 fully saturated rings. The normalized spacial score (nSPS) is 10.8. The Morgan fingerprint density at radius 2 is 1.55 bits per heavy atom. The average Bonchev–Trinajstić information content (AvgIpc) is 3.23. The fraction of sp³-hybridized carbons (Fsp3) is 0.0370. The lowest BCUT2D eigenvalue weighted by atomic mass is 10.1. The van der Waals surface area contributed by atoms with Gasteiger partial charge in [-0.05, 0) is 84.3 Å². The molecule has 0 aliphatic rings. The van der Waals surface area contributed by atoms with Crippen molar-refractivity contribution in [1.29, 1.82) is 0 Å². The molecule has 0 aliphatic carbocycles. The largest absolute Gasteiger partial charge is 0.508 e. The van der Waals surface area contributed by atoms with Crippen LogP contribution in [0.5, 0.6) is 5.75 Å². The number of anilines is 2. The van der Waals surface area contributed by atoms with Crippen molar-refractivity contribution in [1.82, 2.24) is 9.55 Å². The van der Waals surface area contributed by atoms with Gasteiger partial charge in [-0.1, -0.05) is 30.3 Å². The number of rotatable bonds is 4. The number of aromatic nitrogens is 2. The van der Waals surface area contributed by atoms with Gasteiger partial charge in [-0.3, -0.25) is 4.57 Å². The van der Waals surface area contributed by atoms with E-state index in [0.29, 0.717) is 5.69 Å². The second-order valence-corrected chi connectivity index (χ2v) is 7.86. The molecule has 162 valence electrons. The monoisotopic (exact) mass is 434 g/mol. The van der Waals surface area contributed by atoms with E-state index in [1.807, 2.05) is 90.4 Å². The number of hydrogen-bond donors (Lipinski definition) is 3. The van der Waals surface area contributed by atoms with Crippen LogP contribution in [-0.4, -0.2) is 20.7 Å². The van der Waals surface area contributed by atoms with Crippen LogP contribution in [0, 0.1) is 6.92 Å². The van der Waals surface area contributed by atoms with Gasteiger partial charge in [0, 0.05) is 17.1 Å². The van der Waals surface area contributed by atoms with Gasteiger partial charge in [0.2, 0.25) is 0 Å². The van der Waals surface area contributed by atoms with Gasteiger partial charge in [0.05, 0.1) is 11.0 Å². The van der Waals surface area contributed by atoms with E-state index in [0.717, 1.165) is 39.1 Å². The average molecular weight is 434 g/mol. The molecular formula is C27H22N4O2. The number of aromatic hydroxyl groups is 1. The number of amides is 2. The molecule has 6 heteroatoms. The summed E-state index contributed by atoms with van der Waals surface area (Å²) in [7, 11) is 0. The predicted molar refractivity (Wildman–Crippen MR) is 132 cm³/mol. The summed E-state index contributed by atoms with van der Waals surface area (Å²) in [6, 6.07) is 28.2. The van der Waals surface area contributed by atoms with Crippen molar-refractivity contribution in [2.75, 3.05) is 10.6 Å². The number of carbonyl (C=O) groups excluding carboxylic acids is 1. The molecule has 0 saturated heterocycles. The Balaban J connectivity index is 1.32. The number of nitrogens with one attached hydrogen (secondary N) is 2. The van der Waals surface area contributed by atoms with E-state index in [1.165, 1.54) is 0 Å². The molecule has 2 amide bonds. The number of nitrogens with zero attached hydrogens (tertiary/aromatic N) is 2. The van der Waals surface area contributed by atoms with E-state index in [9.17, 15) is 9.90 Å². The maximum atomic E-state index is 12.3. The van der Waals surface area contributed by atoms with E-state index >= 15 is 0 Å². The molecule has 1 heterocycles. The molecule has 0 saturated carbocycles. The standard InChI is InChI=1S/C27H22N4O2/c1-18-3-2-4-22(15-18)30-27(33)29-21-8-10-23(11-9-21)31-17-28-25-16-20(7-14-26(25)31)19-5-12-24(32)13-6-19/h2-17,32H,1H3,(H2,29,30,33). The smallest absolute Gasteiger partial charge is 0.323 e. The number of urea groups is 1. The van der Waals surface area contributed by atoms with Crippen molar-refractivity contribution in [3.05, 3.63) is 103 Å². The number of aryl methyl sites for hydroxylation is 1. The summed E-state index contributed by atoms with van der Waals surface area (Å²) in [5, 5.41) is 15.2. The molecule has 5 rings (SSSR count). The van der Waals surface area contributed by atoms with Crippen molar-refractivity contribution < 1.29 is 9.90 Å². The number of phenolic OH excluding ortho intramolecular Hbond substituents is 1. The SMILES string of the molecule is Cc1cccc(NC(=O)Nc2ccc(-n3cnc4cc(-c5ccc(O)cc5)ccc43)cc2)c1. The van der Waals surface area contributed by atoms with E-state index in [-0.39, 0.29) is 11.8 Å². The molecule has 0 radical (unpaired) electrons. The lowest BCUT2D eigenvalue weighted by Crippen LogP contribution is -2.19. The highest BCUT2D eigenvalue weighted by Gasteiger charge is 2.08. The van der Waals surface area contributed by atoms with Crippen LogP contribution < -0.4 is 10.6 Å². The fourth-order valence-electron chi connectivity index (χ4n) is 3.77. The first-order valence-corrected chi connectivity index (χ1v) is 10.6. The summed E-state index contributed by atoms with van der Waals surface area (Å²) >= 11 is 0. The first-order valence-electron chi connectivity index (χ1n) is 10.6. The summed E-state index contributed by atoms with van der Waals surface area (Å²) in [6.07, 6.45) is 1.79. The van der Waals surface area contributed by atoms with Gasteiger partial charge in [0.15, 0.2) is 0 Å². The third kappa shape index (κ3) is 4.41. The van der Waals surface area contributed by atoms with Crippen LogP contribution in [0.25, 0.3) is 27.8 Å². The molecular weight excluding hydrogens is 412 g/mol. The minimum atomic E-state index is -0.289. The maximum absolute atomic E-state index is 12.3. The minimum Gasteiger partial charge on any atom is -0.508 e. The van der Waals surface area contributed by atoms with E-state index in [1.54, 1.807) is 18.5 Å². The first kappa shape index (κ1) is 20.3. The molecule has 3 N–H and O–H groups in total. The van der Waals surface area contributed by atoms with Crippen LogP contribution in [0.3, 0.4) is 0 Å². The zero-order valence-electron chi connectivity index (χ0n) is 18.0. The van der Waals surface area contributed by atoms with Crippen LogP contribution in [0.4, 0.5) is 16.2 Å². The summed E-state index contributed by atoms with van der Waals surface area (Å²) < 4.78 is 2.01. The zero-order chi connectivity index (χ0) is 22.8. The molecule has 0 unspecified atom stereocenters. The van der Waals surface area contributed by atoms with Gasteiger partial charge < -0.3 is 15.7 Å². The number of carbonyl (C=O) groups is 1. The second-order valence-electron chi connectivity index (χ2n) is 7.86. The van der Waals surface area contributed by atoms with Gasteiger partial charge in [0.1, 0.15) is 12.1 Å². The van der Waals surface area contributed by atoms with Crippen LogP contribution in [0.2, 0.25) is 0 Å².